The van der Waals surface area contributed by atoms with Crippen molar-refractivity contribution >= 4 is 28.3 Å². The summed E-state index contributed by atoms with van der Waals surface area (Å²) >= 11 is 0. The highest BCUT2D eigenvalue weighted by Crippen LogP contribution is 2.30. The van der Waals surface area contributed by atoms with E-state index in [9.17, 15) is 4.79 Å². The number of halogens is 1. The molecule has 1 aliphatic heterocycles. The Morgan fingerprint density at radius 3 is 2.41 bits per heavy atom. The number of amides is 1. The molecule has 9 heteroatoms. The van der Waals surface area contributed by atoms with E-state index in [4.69, 9.17) is 4.74 Å². The van der Waals surface area contributed by atoms with Crippen LogP contribution >= 0.6 is 0 Å². The van der Waals surface area contributed by atoms with Crippen molar-refractivity contribution in [2.24, 2.45) is 0 Å². The molecule has 194 valence electrons. The summed E-state index contributed by atoms with van der Waals surface area (Å²) in [6.45, 7) is 14.6. The number of aryl methyl sites for hydroxylation is 2. The summed E-state index contributed by atoms with van der Waals surface area (Å²) in [5.41, 5.74) is 4.43. The van der Waals surface area contributed by atoms with E-state index in [1.165, 1.54) is 6.07 Å². The standard InChI is InChI=1S/C28H33FN6O2/c1-16-10-24(32-34-13-17(2)30-26(16)34)23-9-8-20-11-21(12-22(29)25(20)31-23)33-14-18(3)35(19(4)15-33)27(36)37-28(5,6)7/h8-13,18-19H,14-15H2,1-7H3/t18-,19-/m0/s1. The molecule has 0 N–H and O–H groups in total. The number of nitrogens with zero attached hydrogens (tertiary/aromatic N) is 6. The maximum Gasteiger partial charge on any atom is 0.410 e. The average Bonchev–Trinajstić information content (AvgIpc) is 3.18. The number of piperazine rings is 1. The summed E-state index contributed by atoms with van der Waals surface area (Å²) in [5.74, 6) is -0.388. The minimum atomic E-state index is -0.557. The quantitative estimate of drug-likeness (QED) is 0.357. The summed E-state index contributed by atoms with van der Waals surface area (Å²) in [5, 5.41) is 5.35. The van der Waals surface area contributed by atoms with Gasteiger partial charge in [-0.3, -0.25) is 4.90 Å². The van der Waals surface area contributed by atoms with Gasteiger partial charge in [0.15, 0.2) is 11.5 Å². The SMILES string of the molecule is Cc1cn2nc(-c3ccc4cc(N5C[C@H](C)N(C(=O)OC(C)(C)C)[C@@H](C)C5)cc(F)c4n3)cc(C)c2n1. The fourth-order valence-electron chi connectivity index (χ4n) is 5.08. The summed E-state index contributed by atoms with van der Waals surface area (Å²) in [7, 11) is 0. The van der Waals surface area contributed by atoms with Gasteiger partial charge in [-0.25, -0.2) is 23.7 Å². The van der Waals surface area contributed by atoms with Gasteiger partial charge in [0.25, 0.3) is 0 Å². The molecule has 1 aliphatic rings. The molecule has 5 rings (SSSR count). The second-order valence-electron chi connectivity index (χ2n) is 11.0. The molecule has 0 aliphatic carbocycles. The van der Waals surface area contributed by atoms with Crippen molar-refractivity contribution in [3.63, 3.8) is 0 Å². The Kier molecular flexibility index (Phi) is 6.04. The maximum absolute atomic E-state index is 15.4. The maximum atomic E-state index is 15.4. The fourth-order valence-corrected chi connectivity index (χ4v) is 5.08. The highest BCUT2D eigenvalue weighted by atomic mass is 19.1. The number of ether oxygens (including phenoxy) is 1. The zero-order valence-corrected chi connectivity index (χ0v) is 22.4. The number of anilines is 1. The molecule has 1 aromatic carbocycles. The summed E-state index contributed by atoms with van der Waals surface area (Å²) in [6.07, 6.45) is 1.55. The van der Waals surface area contributed by atoms with Gasteiger partial charge in [-0.05, 0) is 78.3 Å². The van der Waals surface area contributed by atoms with Crippen LogP contribution in [0.5, 0.6) is 0 Å². The Hall–Kier alpha value is -3.75. The first-order chi connectivity index (χ1) is 17.4. The number of rotatable bonds is 2. The first kappa shape index (κ1) is 24.9. The van der Waals surface area contributed by atoms with E-state index in [1.807, 2.05) is 78.9 Å². The molecule has 0 bridgehead atoms. The van der Waals surface area contributed by atoms with Gasteiger partial charge in [0.1, 0.15) is 16.8 Å². The van der Waals surface area contributed by atoms with Crippen LogP contribution in [0.3, 0.4) is 0 Å². The van der Waals surface area contributed by atoms with Crippen LogP contribution < -0.4 is 4.90 Å². The van der Waals surface area contributed by atoms with Crippen molar-refractivity contribution in [3.8, 4) is 11.4 Å². The number of hydrogen-bond donors (Lipinski definition) is 0. The van der Waals surface area contributed by atoms with E-state index in [1.54, 1.807) is 9.42 Å². The lowest BCUT2D eigenvalue weighted by Crippen LogP contribution is -2.59. The van der Waals surface area contributed by atoms with Crippen LogP contribution in [-0.2, 0) is 4.74 Å². The van der Waals surface area contributed by atoms with Crippen molar-refractivity contribution < 1.29 is 13.9 Å². The Morgan fingerprint density at radius 2 is 1.73 bits per heavy atom. The summed E-state index contributed by atoms with van der Waals surface area (Å²) < 4.78 is 22.8. The van der Waals surface area contributed by atoms with E-state index in [0.717, 1.165) is 22.6 Å². The second-order valence-corrected chi connectivity index (χ2v) is 11.0. The van der Waals surface area contributed by atoms with Crippen LogP contribution in [-0.4, -0.2) is 61.3 Å². The monoisotopic (exact) mass is 504 g/mol. The molecule has 1 saturated heterocycles. The van der Waals surface area contributed by atoms with Gasteiger partial charge in [0.05, 0.1) is 29.7 Å². The highest BCUT2D eigenvalue weighted by Gasteiger charge is 2.35. The summed E-state index contributed by atoms with van der Waals surface area (Å²) in [4.78, 5) is 25.8. The van der Waals surface area contributed by atoms with Gasteiger partial charge >= 0.3 is 6.09 Å². The lowest BCUT2D eigenvalue weighted by atomic mass is 10.1. The second kappa shape index (κ2) is 8.97. The Labute approximate surface area is 216 Å². The van der Waals surface area contributed by atoms with Crippen LogP contribution in [0.25, 0.3) is 27.9 Å². The van der Waals surface area contributed by atoms with E-state index in [-0.39, 0.29) is 24.0 Å². The Morgan fingerprint density at radius 1 is 1.03 bits per heavy atom. The Bertz CT molecular complexity index is 1500. The Balaban J connectivity index is 1.42. The lowest BCUT2D eigenvalue weighted by Gasteiger charge is -2.45. The molecule has 0 unspecified atom stereocenters. The first-order valence-corrected chi connectivity index (χ1v) is 12.6. The first-order valence-electron chi connectivity index (χ1n) is 12.6. The molecule has 4 aromatic rings. The van der Waals surface area contributed by atoms with Crippen LogP contribution in [0.4, 0.5) is 14.9 Å². The molecule has 1 fully saturated rings. The number of carbonyl (C=O) groups excluding carboxylic acids is 1. The van der Waals surface area contributed by atoms with Crippen molar-refractivity contribution in [3.05, 3.63) is 53.6 Å². The molecule has 37 heavy (non-hydrogen) atoms. The molecule has 1 amide bonds. The predicted octanol–water partition coefficient (Wildman–Crippen LogP) is 5.53. The molecule has 0 radical (unpaired) electrons. The number of imidazole rings is 1. The lowest BCUT2D eigenvalue weighted by molar-refractivity contribution is 0.00565. The predicted molar refractivity (Wildman–Crippen MR) is 142 cm³/mol. The summed E-state index contributed by atoms with van der Waals surface area (Å²) in [6, 6.07) is 8.99. The normalized spacial score (nSPS) is 18.6. The third kappa shape index (κ3) is 4.82. The van der Waals surface area contributed by atoms with E-state index >= 15 is 4.39 Å². The molecular weight excluding hydrogens is 471 g/mol. The highest BCUT2D eigenvalue weighted by molar-refractivity contribution is 5.85. The van der Waals surface area contributed by atoms with E-state index in [2.05, 4.69) is 20.0 Å². The van der Waals surface area contributed by atoms with Crippen molar-refractivity contribution in [2.45, 2.75) is 66.2 Å². The number of fused-ring (bicyclic) bond motifs is 2. The molecule has 8 nitrogen and oxygen atoms in total. The number of aromatic nitrogens is 4. The molecular formula is C28H33FN6O2. The molecule has 0 spiro atoms. The largest absolute Gasteiger partial charge is 0.444 e. The third-order valence-corrected chi connectivity index (χ3v) is 6.61. The zero-order chi connectivity index (χ0) is 26.6. The van der Waals surface area contributed by atoms with Gasteiger partial charge in [-0.1, -0.05) is 6.07 Å². The molecule has 4 heterocycles. The van der Waals surface area contributed by atoms with Crippen LogP contribution in [0, 0.1) is 19.7 Å². The van der Waals surface area contributed by atoms with Gasteiger partial charge in [-0.15, -0.1) is 0 Å². The van der Waals surface area contributed by atoms with Crippen molar-refractivity contribution in [1.29, 1.82) is 0 Å². The zero-order valence-electron chi connectivity index (χ0n) is 22.4. The van der Waals surface area contributed by atoms with Crippen LogP contribution in [0.15, 0.2) is 36.5 Å². The third-order valence-electron chi connectivity index (χ3n) is 6.61. The van der Waals surface area contributed by atoms with Gasteiger partial charge in [0, 0.05) is 24.2 Å². The van der Waals surface area contributed by atoms with Crippen LogP contribution in [0.1, 0.15) is 45.9 Å². The average molecular weight is 505 g/mol. The van der Waals surface area contributed by atoms with Gasteiger partial charge in [-0.2, -0.15) is 5.10 Å². The molecule has 2 atom stereocenters. The number of carbonyl (C=O) groups is 1. The molecule has 0 saturated carbocycles. The van der Waals surface area contributed by atoms with Crippen LogP contribution in [0.2, 0.25) is 0 Å². The number of pyridine rings is 1. The van der Waals surface area contributed by atoms with Crippen molar-refractivity contribution in [1.82, 2.24) is 24.5 Å². The topological polar surface area (TPSA) is 75.9 Å². The number of benzene rings is 1. The van der Waals surface area contributed by atoms with E-state index in [0.29, 0.717) is 35.4 Å². The number of hydrogen-bond acceptors (Lipinski definition) is 6. The minimum absolute atomic E-state index is 0.0890. The van der Waals surface area contributed by atoms with E-state index < -0.39 is 5.60 Å². The fraction of sp³-hybridized carbons (Fsp3) is 0.429. The molecule has 3 aromatic heterocycles. The van der Waals surface area contributed by atoms with Crippen molar-refractivity contribution in [2.75, 3.05) is 18.0 Å². The smallest absolute Gasteiger partial charge is 0.410 e. The minimum Gasteiger partial charge on any atom is -0.444 e. The van der Waals surface area contributed by atoms with Gasteiger partial charge < -0.3 is 9.64 Å². The van der Waals surface area contributed by atoms with Gasteiger partial charge in [0.2, 0.25) is 0 Å².